The number of benzene rings is 2. The number of ether oxygens (including phenoxy) is 2. The molecule has 2 aromatic carbocycles. The van der Waals surface area contributed by atoms with Crippen LogP contribution in [-0.4, -0.2) is 13.2 Å². The van der Waals surface area contributed by atoms with E-state index in [-0.39, 0.29) is 5.82 Å². The summed E-state index contributed by atoms with van der Waals surface area (Å²) in [5, 5.41) is 8.92. The first-order valence-electron chi connectivity index (χ1n) is 6.21. The first-order chi connectivity index (χ1) is 9.70. The maximum atomic E-state index is 12.9. The van der Waals surface area contributed by atoms with Crippen LogP contribution in [0, 0.1) is 24.1 Å². The minimum Gasteiger partial charge on any atom is -0.490 e. The summed E-state index contributed by atoms with van der Waals surface area (Å²) in [6, 6.07) is 13.4. The van der Waals surface area contributed by atoms with Gasteiger partial charge in [0.1, 0.15) is 36.6 Å². The molecule has 0 heterocycles. The molecule has 20 heavy (non-hydrogen) atoms. The van der Waals surface area contributed by atoms with Crippen molar-refractivity contribution >= 4 is 0 Å². The lowest BCUT2D eigenvalue weighted by molar-refractivity contribution is 0.216. The molecule has 0 saturated heterocycles. The van der Waals surface area contributed by atoms with Gasteiger partial charge < -0.3 is 9.47 Å². The summed E-state index contributed by atoms with van der Waals surface area (Å²) in [6.45, 7) is 2.42. The summed E-state index contributed by atoms with van der Waals surface area (Å²) in [7, 11) is 0. The molecule has 0 radical (unpaired) electrons. The molecule has 0 fully saturated rings. The van der Waals surface area contributed by atoms with Crippen molar-refractivity contribution in [3.63, 3.8) is 0 Å². The van der Waals surface area contributed by atoms with Crippen molar-refractivity contribution < 1.29 is 13.9 Å². The number of rotatable bonds is 5. The first-order valence-corrected chi connectivity index (χ1v) is 6.21. The molecule has 102 valence electrons. The molecule has 4 heteroatoms. The van der Waals surface area contributed by atoms with Crippen molar-refractivity contribution in [3.8, 4) is 17.6 Å². The SMILES string of the molecule is Cc1cc(F)ccc1OCCOc1ccccc1C#N. The summed E-state index contributed by atoms with van der Waals surface area (Å²) in [6.07, 6.45) is 0. The van der Waals surface area contributed by atoms with Crippen LogP contribution in [0.25, 0.3) is 0 Å². The fourth-order valence-electron chi connectivity index (χ4n) is 1.76. The van der Waals surface area contributed by atoms with E-state index < -0.39 is 0 Å². The summed E-state index contributed by atoms with van der Waals surface area (Å²) in [4.78, 5) is 0. The Morgan fingerprint density at radius 2 is 1.75 bits per heavy atom. The van der Waals surface area contributed by atoms with Gasteiger partial charge in [0.2, 0.25) is 0 Å². The lowest BCUT2D eigenvalue weighted by Crippen LogP contribution is -2.10. The van der Waals surface area contributed by atoms with Crippen molar-refractivity contribution in [2.75, 3.05) is 13.2 Å². The molecule has 3 nitrogen and oxygen atoms in total. The van der Waals surface area contributed by atoms with Crippen LogP contribution in [0.2, 0.25) is 0 Å². The van der Waals surface area contributed by atoms with Gasteiger partial charge in [-0.15, -0.1) is 0 Å². The van der Waals surface area contributed by atoms with Crippen LogP contribution in [0.3, 0.4) is 0 Å². The topological polar surface area (TPSA) is 42.2 Å². The Labute approximate surface area is 117 Å². The van der Waals surface area contributed by atoms with E-state index in [0.29, 0.717) is 30.3 Å². The zero-order valence-corrected chi connectivity index (χ0v) is 11.1. The predicted octanol–water partition coefficient (Wildman–Crippen LogP) is 3.46. The van der Waals surface area contributed by atoms with E-state index in [9.17, 15) is 4.39 Å². The van der Waals surface area contributed by atoms with Gasteiger partial charge in [-0.1, -0.05) is 12.1 Å². The molecule has 0 aliphatic heterocycles. The Hall–Kier alpha value is -2.54. The molecule has 0 aliphatic carbocycles. The number of nitrogens with zero attached hydrogens (tertiary/aromatic N) is 1. The predicted molar refractivity (Wildman–Crippen MR) is 73.3 cm³/mol. The smallest absolute Gasteiger partial charge is 0.137 e. The highest BCUT2D eigenvalue weighted by atomic mass is 19.1. The second kappa shape index (κ2) is 6.58. The van der Waals surface area contributed by atoms with Crippen LogP contribution in [0.15, 0.2) is 42.5 Å². The van der Waals surface area contributed by atoms with Gasteiger partial charge in [-0.25, -0.2) is 4.39 Å². The zero-order valence-electron chi connectivity index (χ0n) is 11.1. The van der Waals surface area contributed by atoms with Gasteiger partial charge in [0.05, 0.1) is 5.56 Å². The Bertz CT molecular complexity index is 635. The van der Waals surface area contributed by atoms with E-state index in [2.05, 4.69) is 6.07 Å². The van der Waals surface area contributed by atoms with Gasteiger partial charge in [-0.05, 0) is 42.8 Å². The molecule has 0 atom stereocenters. The third-order valence-electron chi connectivity index (χ3n) is 2.74. The Morgan fingerprint density at radius 3 is 2.45 bits per heavy atom. The number of halogens is 1. The second-order valence-electron chi connectivity index (χ2n) is 4.21. The molecule has 0 aliphatic rings. The maximum Gasteiger partial charge on any atom is 0.137 e. The van der Waals surface area contributed by atoms with Gasteiger partial charge in [0.25, 0.3) is 0 Å². The Kier molecular flexibility index (Phi) is 4.56. The van der Waals surface area contributed by atoms with E-state index in [1.165, 1.54) is 12.1 Å². The average molecular weight is 271 g/mol. The van der Waals surface area contributed by atoms with Crippen molar-refractivity contribution in [2.45, 2.75) is 6.92 Å². The zero-order chi connectivity index (χ0) is 14.4. The Balaban J connectivity index is 1.86. The Morgan fingerprint density at radius 1 is 1.05 bits per heavy atom. The highest BCUT2D eigenvalue weighted by Crippen LogP contribution is 2.19. The molecule has 0 amide bonds. The van der Waals surface area contributed by atoms with E-state index in [4.69, 9.17) is 14.7 Å². The molecule has 2 rings (SSSR count). The summed E-state index contributed by atoms with van der Waals surface area (Å²) in [5.41, 5.74) is 1.23. The number of hydrogen-bond acceptors (Lipinski definition) is 3. The largest absolute Gasteiger partial charge is 0.490 e. The molecule has 2 aromatic rings. The fraction of sp³-hybridized carbons (Fsp3) is 0.188. The number of aryl methyl sites for hydroxylation is 1. The van der Waals surface area contributed by atoms with Gasteiger partial charge in [-0.2, -0.15) is 5.26 Å². The summed E-state index contributed by atoms with van der Waals surface area (Å²) < 4.78 is 23.9. The van der Waals surface area contributed by atoms with Crippen LogP contribution in [0.4, 0.5) is 4.39 Å². The minimum absolute atomic E-state index is 0.283. The fourth-order valence-corrected chi connectivity index (χ4v) is 1.76. The molecule has 0 N–H and O–H groups in total. The van der Waals surface area contributed by atoms with Gasteiger partial charge in [0.15, 0.2) is 0 Å². The quantitative estimate of drug-likeness (QED) is 0.782. The van der Waals surface area contributed by atoms with Gasteiger partial charge in [-0.3, -0.25) is 0 Å². The van der Waals surface area contributed by atoms with E-state index in [1.807, 2.05) is 0 Å². The van der Waals surface area contributed by atoms with E-state index in [0.717, 1.165) is 5.56 Å². The monoisotopic (exact) mass is 271 g/mol. The summed E-state index contributed by atoms with van der Waals surface area (Å²) in [5.74, 6) is 0.882. The molecule has 0 bridgehead atoms. The maximum absolute atomic E-state index is 12.9. The van der Waals surface area contributed by atoms with Crippen molar-refractivity contribution in [2.24, 2.45) is 0 Å². The highest BCUT2D eigenvalue weighted by molar-refractivity contribution is 5.42. The van der Waals surface area contributed by atoms with E-state index >= 15 is 0 Å². The number of hydrogen-bond donors (Lipinski definition) is 0. The number of para-hydroxylation sites is 1. The van der Waals surface area contributed by atoms with Gasteiger partial charge >= 0.3 is 0 Å². The molecular weight excluding hydrogens is 257 g/mol. The van der Waals surface area contributed by atoms with Gasteiger partial charge in [0, 0.05) is 0 Å². The molecule has 0 saturated carbocycles. The molecule has 0 aromatic heterocycles. The lowest BCUT2D eigenvalue weighted by Gasteiger charge is -2.11. The van der Waals surface area contributed by atoms with Crippen LogP contribution in [0.5, 0.6) is 11.5 Å². The second-order valence-corrected chi connectivity index (χ2v) is 4.21. The molecular formula is C16H14FNO2. The van der Waals surface area contributed by atoms with Crippen molar-refractivity contribution in [3.05, 3.63) is 59.4 Å². The minimum atomic E-state index is -0.283. The van der Waals surface area contributed by atoms with Crippen molar-refractivity contribution in [1.82, 2.24) is 0 Å². The third kappa shape index (κ3) is 3.48. The standard InChI is InChI=1S/C16H14FNO2/c1-12-10-14(17)6-7-15(12)19-8-9-20-16-5-3-2-4-13(16)11-18/h2-7,10H,8-9H2,1H3. The summed E-state index contributed by atoms with van der Waals surface area (Å²) >= 11 is 0. The van der Waals surface area contributed by atoms with Crippen LogP contribution in [0.1, 0.15) is 11.1 Å². The van der Waals surface area contributed by atoms with Crippen LogP contribution >= 0.6 is 0 Å². The van der Waals surface area contributed by atoms with Crippen LogP contribution < -0.4 is 9.47 Å². The van der Waals surface area contributed by atoms with Crippen LogP contribution in [-0.2, 0) is 0 Å². The lowest BCUT2D eigenvalue weighted by atomic mass is 10.2. The van der Waals surface area contributed by atoms with Crippen molar-refractivity contribution in [1.29, 1.82) is 5.26 Å². The third-order valence-corrected chi connectivity index (χ3v) is 2.74. The van der Waals surface area contributed by atoms with E-state index in [1.54, 1.807) is 37.3 Å². The first kappa shape index (κ1) is 13.9. The molecule has 0 spiro atoms. The highest BCUT2D eigenvalue weighted by Gasteiger charge is 2.03. The molecule has 0 unspecified atom stereocenters. The normalized spacial score (nSPS) is 9.85. The average Bonchev–Trinajstić information content (AvgIpc) is 2.46. The number of nitriles is 1.